The van der Waals surface area contributed by atoms with Gasteiger partial charge in [0.2, 0.25) is 0 Å². The zero-order chi connectivity index (χ0) is 26.1. The fraction of sp³-hybridized carbons (Fsp3) is 0.250. The van der Waals surface area contributed by atoms with Crippen molar-refractivity contribution < 1.29 is 44.3 Å². The molecule has 2 aliphatic heterocycles. The Hall–Kier alpha value is -2.84. The molecule has 0 aliphatic carbocycles. The molecule has 5 rings (SSSR count). The minimum atomic E-state index is -1.45. The maximum Gasteiger partial charge on any atom is 1.00 e. The molecule has 1 amide bonds. The van der Waals surface area contributed by atoms with Gasteiger partial charge in [0.25, 0.3) is 5.91 Å². The van der Waals surface area contributed by atoms with E-state index in [0.29, 0.717) is 23.2 Å². The molecule has 4 heterocycles. The molecule has 1 saturated heterocycles. The summed E-state index contributed by atoms with van der Waals surface area (Å²) < 4.78 is 3.30. The van der Waals surface area contributed by atoms with Crippen molar-refractivity contribution in [1.29, 1.82) is 0 Å². The number of benzene rings is 1. The van der Waals surface area contributed by atoms with Crippen LogP contribution < -0.4 is 51.1 Å². The van der Waals surface area contributed by atoms with Gasteiger partial charge in [0.1, 0.15) is 5.37 Å². The van der Waals surface area contributed by atoms with Gasteiger partial charge in [-0.15, -0.1) is 11.8 Å². The second kappa shape index (κ2) is 11.9. The third-order valence-corrected chi connectivity index (χ3v) is 8.35. The number of rotatable bonds is 7. The van der Waals surface area contributed by atoms with E-state index in [-0.39, 0.29) is 46.2 Å². The third kappa shape index (κ3) is 5.76. The summed E-state index contributed by atoms with van der Waals surface area (Å²) in [5.41, 5.74) is -0.310. The summed E-state index contributed by atoms with van der Waals surface area (Å²) in [5.74, 6) is -1.35. The number of carboxylic acids is 1. The van der Waals surface area contributed by atoms with Gasteiger partial charge in [0.15, 0.2) is 11.2 Å². The number of fused-ring (bicyclic) bond motifs is 1. The molecule has 14 heteroatoms. The topological polar surface area (TPSA) is 145 Å². The van der Waals surface area contributed by atoms with Crippen LogP contribution in [0.4, 0.5) is 0 Å². The first-order valence-corrected chi connectivity index (χ1v) is 13.3. The zero-order valence-corrected chi connectivity index (χ0v) is 24.2. The molecule has 38 heavy (non-hydrogen) atoms. The van der Waals surface area contributed by atoms with Gasteiger partial charge in [-0.3, -0.25) is 34.1 Å². The predicted molar refractivity (Wildman–Crippen MR) is 135 cm³/mol. The number of nitrogens with zero attached hydrogens (tertiary/aromatic N) is 5. The van der Waals surface area contributed by atoms with E-state index >= 15 is 0 Å². The molecule has 0 radical (unpaired) electrons. The van der Waals surface area contributed by atoms with Crippen LogP contribution in [0.15, 0.2) is 85.9 Å². The molecule has 0 unspecified atom stereocenters. The third-order valence-electron chi connectivity index (χ3n) is 5.91. The van der Waals surface area contributed by atoms with Crippen molar-refractivity contribution in [2.45, 2.75) is 23.1 Å². The summed E-state index contributed by atoms with van der Waals surface area (Å²) in [7, 11) is 1.52. The van der Waals surface area contributed by atoms with Crippen LogP contribution in [0.5, 0.6) is 0 Å². The number of amides is 1. The molecule has 11 nitrogen and oxygen atoms in total. The van der Waals surface area contributed by atoms with Gasteiger partial charge < -0.3 is 14.5 Å². The van der Waals surface area contributed by atoms with Crippen LogP contribution in [-0.4, -0.2) is 59.0 Å². The zero-order valence-electron chi connectivity index (χ0n) is 20.6. The summed E-state index contributed by atoms with van der Waals surface area (Å²) >= 11 is 2.51. The molecule has 0 bridgehead atoms. The Morgan fingerprint density at radius 1 is 1.18 bits per heavy atom. The van der Waals surface area contributed by atoms with E-state index in [1.165, 1.54) is 28.4 Å². The van der Waals surface area contributed by atoms with Crippen molar-refractivity contribution in [2.75, 3.05) is 11.5 Å². The number of carbonyl (C=O) groups is 2. The number of pyridine rings is 1. The number of aromatic amines is 1. The largest absolute Gasteiger partial charge is 1.00 e. The first-order chi connectivity index (χ1) is 17.8. The fourth-order valence-corrected chi connectivity index (χ4v) is 6.47. The molecule has 1 N–H and O–H groups in total. The van der Waals surface area contributed by atoms with E-state index in [4.69, 9.17) is 0 Å². The molecule has 1 fully saturated rings. The number of nitrogens with one attached hydrogen (secondary N) is 1. The van der Waals surface area contributed by atoms with Crippen molar-refractivity contribution in [3.8, 4) is 0 Å². The van der Waals surface area contributed by atoms with Crippen LogP contribution in [-0.2, 0) is 23.2 Å². The van der Waals surface area contributed by atoms with Crippen molar-refractivity contribution in [3.63, 3.8) is 0 Å². The molecule has 2 atom stereocenters. The van der Waals surface area contributed by atoms with E-state index in [9.17, 15) is 24.3 Å². The summed E-state index contributed by atoms with van der Waals surface area (Å²) in [6.45, 7) is 0.707. The van der Waals surface area contributed by atoms with Crippen LogP contribution in [0.2, 0.25) is 0 Å². The molecular formula is C24H21N6NaO5S2. The number of hydrogen-bond donors (Lipinski definition) is 1. The number of thioether (sulfide) groups is 2. The number of hydrogen-bond acceptors (Lipinski definition) is 9. The second-order valence-corrected chi connectivity index (χ2v) is 10.5. The summed E-state index contributed by atoms with van der Waals surface area (Å²) in [4.78, 5) is 57.5. The Morgan fingerprint density at radius 2 is 1.89 bits per heavy atom. The van der Waals surface area contributed by atoms with Gasteiger partial charge in [-0.1, -0.05) is 42.1 Å². The van der Waals surface area contributed by atoms with Crippen molar-refractivity contribution in [1.82, 2.24) is 24.2 Å². The standard InChI is InChI=1S/C24H22N6O5S2.Na/c1-28-24(26-19(31)20(32)27-28)37-13-15-12-36-22-17(21(33)30(22)18(15)23(34)35)25-16-7-9-29(10-8-16)11-14-5-3-2-4-6-14;/h2-10,17,22H,11-13H2,1H3,(H,27,32)(H,34,35);/q;+1/p-1/t17-,22+;/m0./s1. The normalized spacial score (nSPS) is 18.3. The Morgan fingerprint density at radius 3 is 2.58 bits per heavy atom. The Balaban J connectivity index is 0.00000336. The average molecular weight is 561 g/mol. The van der Waals surface area contributed by atoms with E-state index in [1.54, 1.807) is 0 Å². The number of aromatic nitrogens is 4. The number of aliphatic carboxylic acids is 1. The van der Waals surface area contributed by atoms with Gasteiger partial charge in [0, 0.05) is 37.5 Å². The van der Waals surface area contributed by atoms with Crippen LogP contribution in [0.1, 0.15) is 5.56 Å². The van der Waals surface area contributed by atoms with Gasteiger partial charge in [-0.2, -0.15) is 4.98 Å². The Kier molecular flexibility index (Phi) is 8.83. The van der Waals surface area contributed by atoms with Crippen LogP contribution in [0.3, 0.4) is 0 Å². The predicted octanol–water partition coefficient (Wildman–Crippen LogP) is -3.70. The number of aryl methyl sites for hydroxylation is 1. The second-order valence-electron chi connectivity index (χ2n) is 8.43. The summed E-state index contributed by atoms with van der Waals surface area (Å²) in [6, 6.07) is 13.0. The van der Waals surface area contributed by atoms with Gasteiger partial charge in [0.05, 0.1) is 17.0 Å². The van der Waals surface area contributed by atoms with Gasteiger partial charge in [-0.25, -0.2) is 0 Å². The Labute approximate surface area is 247 Å². The number of H-pyrrole nitrogens is 1. The first kappa shape index (κ1) is 28.2. The molecule has 0 spiro atoms. The molecule has 190 valence electrons. The van der Waals surface area contributed by atoms with Crippen LogP contribution in [0.25, 0.3) is 0 Å². The smallest absolute Gasteiger partial charge is 0.543 e. The molecule has 0 saturated carbocycles. The maximum atomic E-state index is 13.0. The van der Waals surface area contributed by atoms with Crippen LogP contribution in [0, 0.1) is 0 Å². The number of carboxylic acid groups (broad SMARTS) is 1. The SMILES string of the molecule is Cn1[nH]c(=O)c(=O)nc1SCC1=C(C(=O)[O-])N2C(=O)[C@H](N=c3ccn(Cc4ccccc4)cc3)[C@H]2SC1.[Na+]. The van der Waals surface area contributed by atoms with E-state index in [2.05, 4.69) is 15.1 Å². The van der Waals surface area contributed by atoms with Gasteiger partial charge >= 0.3 is 40.7 Å². The maximum absolute atomic E-state index is 13.0. The first-order valence-electron chi connectivity index (χ1n) is 11.2. The number of β-lactam (4-membered cyclic amide) rings is 1. The van der Waals surface area contributed by atoms with Crippen molar-refractivity contribution in [3.05, 3.63) is 97.8 Å². The molecular weight excluding hydrogens is 539 g/mol. The Bertz CT molecular complexity index is 1580. The van der Waals surface area contributed by atoms with E-state index in [1.807, 2.05) is 59.4 Å². The molecule has 1 aromatic carbocycles. The van der Waals surface area contributed by atoms with Crippen molar-refractivity contribution >= 4 is 35.4 Å². The summed E-state index contributed by atoms with van der Waals surface area (Å²) in [6.07, 6.45) is 3.78. The minimum Gasteiger partial charge on any atom is -0.543 e. The number of carbonyl (C=O) groups excluding carboxylic acids is 2. The van der Waals surface area contributed by atoms with E-state index in [0.717, 1.165) is 17.3 Å². The minimum absolute atomic E-state index is 0. The van der Waals surface area contributed by atoms with Crippen LogP contribution >= 0.6 is 23.5 Å². The molecule has 2 aromatic heterocycles. The quantitative estimate of drug-likeness (QED) is 0.135. The van der Waals surface area contributed by atoms with E-state index < -0.39 is 34.4 Å². The molecule has 2 aliphatic rings. The summed E-state index contributed by atoms with van der Waals surface area (Å²) in [5, 5.41) is 14.8. The fourth-order valence-electron chi connectivity index (χ4n) is 4.09. The van der Waals surface area contributed by atoms with Crippen molar-refractivity contribution in [2.24, 2.45) is 12.0 Å². The molecule has 3 aromatic rings. The van der Waals surface area contributed by atoms with Gasteiger partial charge in [-0.05, 0) is 23.3 Å². The average Bonchev–Trinajstić information content (AvgIpc) is 2.89. The monoisotopic (exact) mass is 560 g/mol.